The van der Waals surface area contributed by atoms with Gasteiger partial charge in [-0.25, -0.2) is 0 Å². The van der Waals surface area contributed by atoms with Gasteiger partial charge < -0.3 is 15.7 Å². The number of rotatable bonds is 7. The summed E-state index contributed by atoms with van der Waals surface area (Å²) in [5.41, 5.74) is 9.12. The molecule has 0 saturated heterocycles. The highest BCUT2D eigenvalue weighted by Crippen LogP contribution is 2.28. The van der Waals surface area contributed by atoms with Crippen LogP contribution in [0.2, 0.25) is 0 Å². The third kappa shape index (κ3) is 3.26. The van der Waals surface area contributed by atoms with E-state index in [0.29, 0.717) is 6.54 Å². The average molecular weight is 273 g/mol. The van der Waals surface area contributed by atoms with E-state index in [-0.39, 0.29) is 6.61 Å². The summed E-state index contributed by atoms with van der Waals surface area (Å²) in [4.78, 5) is 6.72. The highest BCUT2D eigenvalue weighted by molar-refractivity contribution is 5.93. The zero-order chi connectivity index (χ0) is 14.4. The Bertz CT molecular complexity index is 556. The van der Waals surface area contributed by atoms with Crippen molar-refractivity contribution in [3.05, 3.63) is 36.0 Å². The van der Waals surface area contributed by atoms with E-state index in [0.717, 1.165) is 42.3 Å². The molecule has 0 bridgehead atoms. The van der Waals surface area contributed by atoms with Crippen LogP contribution in [-0.4, -0.2) is 30.3 Å². The molecule has 108 valence electrons. The van der Waals surface area contributed by atoms with E-state index in [1.165, 1.54) is 5.69 Å². The summed E-state index contributed by atoms with van der Waals surface area (Å²) in [6.07, 6.45) is 4.86. The topological polar surface area (TPSA) is 62.4 Å². The predicted molar refractivity (Wildman–Crippen MR) is 83.8 cm³/mol. The standard InChI is InChI=1S/C16H23N3O/c1-19(9-5-2-6-10-20)16-13(11-17)12-18-15-8-4-3-7-14(15)16/h3-4,7-8,12,20H,2,5-6,9-11,17H2,1H3. The van der Waals surface area contributed by atoms with Gasteiger partial charge in [-0.3, -0.25) is 4.98 Å². The molecule has 0 aliphatic heterocycles. The Morgan fingerprint density at radius 2 is 2.00 bits per heavy atom. The molecule has 0 aliphatic carbocycles. The Morgan fingerprint density at radius 1 is 1.20 bits per heavy atom. The number of hydrogen-bond acceptors (Lipinski definition) is 4. The molecule has 0 atom stereocenters. The number of unbranched alkanes of at least 4 members (excludes halogenated alkanes) is 2. The first kappa shape index (κ1) is 14.8. The maximum atomic E-state index is 8.83. The molecule has 4 nitrogen and oxygen atoms in total. The van der Waals surface area contributed by atoms with Gasteiger partial charge in [0.15, 0.2) is 0 Å². The lowest BCUT2D eigenvalue weighted by Crippen LogP contribution is -2.21. The summed E-state index contributed by atoms with van der Waals surface area (Å²) >= 11 is 0. The highest BCUT2D eigenvalue weighted by atomic mass is 16.2. The van der Waals surface area contributed by atoms with Crippen molar-refractivity contribution < 1.29 is 5.11 Å². The molecule has 1 aromatic carbocycles. The lowest BCUT2D eigenvalue weighted by molar-refractivity contribution is 0.283. The lowest BCUT2D eigenvalue weighted by atomic mass is 10.1. The van der Waals surface area contributed by atoms with Gasteiger partial charge in [-0.05, 0) is 25.3 Å². The van der Waals surface area contributed by atoms with Crippen molar-refractivity contribution in [3.8, 4) is 0 Å². The summed E-state index contributed by atoms with van der Waals surface area (Å²) in [6.45, 7) is 1.73. The Balaban J connectivity index is 2.26. The van der Waals surface area contributed by atoms with Gasteiger partial charge >= 0.3 is 0 Å². The summed E-state index contributed by atoms with van der Waals surface area (Å²) in [5.74, 6) is 0. The van der Waals surface area contributed by atoms with Crippen LogP contribution < -0.4 is 10.6 Å². The summed E-state index contributed by atoms with van der Waals surface area (Å²) in [7, 11) is 2.10. The second-order valence-electron chi connectivity index (χ2n) is 5.06. The van der Waals surface area contributed by atoms with Crippen LogP contribution in [0.15, 0.2) is 30.5 Å². The molecule has 3 N–H and O–H groups in total. The fraction of sp³-hybridized carbons (Fsp3) is 0.438. The first-order chi connectivity index (χ1) is 9.77. The molecule has 1 heterocycles. The minimum absolute atomic E-state index is 0.274. The molecule has 0 aliphatic rings. The van der Waals surface area contributed by atoms with E-state index in [4.69, 9.17) is 10.8 Å². The van der Waals surface area contributed by atoms with E-state index in [9.17, 15) is 0 Å². The third-order valence-electron chi connectivity index (χ3n) is 3.58. The van der Waals surface area contributed by atoms with E-state index < -0.39 is 0 Å². The molecule has 0 radical (unpaired) electrons. The molecule has 2 rings (SSSR count). The van der Waals surface area contributed by atoms with Crippen LogP contribution in [0.5, 0.6) is 0 Å². The normalized spacial score (nSPS) is 10.9. The first-order valence-corrected chi connectivity index (χ1v) is 7.16. The molecule has 0 spiro atoms. The van der Waals surface area contributed by atoms with Crippen molar-refractivity contribution in [3.63, 3.8) is 0 Å². The average Bonchev–Trinajstić information content (AvgIpc) is 2.50. The van der Waals surface area contributed by atoms with E-state index in [2.05, 4.69) is 23.0 Å². The smallest absolute Gasteiger partial charge is 0.0723 e. The van der Waals surface area contributed by atoms with Gasteiger partial charge in [0.05, 0.1) is 11.2 Å². The molecule has 4 heteroatoms. The maximum Gasteiger partial charge on any atom is 0.0723 e. The van der Waals surface area contributed by atoms with Crippen LogP contribution in [0.4, 0.5) is 5.69 Å². The van der Waals surface area contributed by atoms with Gasteiger partial charge in [0.2, 0.25) is 0 Å². The molecular weight excluding hydrogens is 250 g/mol. The number of aromatic nitrogens is 1. The fourth-order valence-electron chi connectivity index (χ4n) is 2.52. The summed E-state index contributed by atoms with van der Waals surface area (Å²) in [5, 5.41) is 9.99. The Labute approximate surface area is 120 Å². The van der Waals surface area contributed by atoms with Gasteiger partial charge in [-0.2, -0.15) is 0 Å². The van der Waals surface area contributed by atoms with Crippen LogP contribution in [-0.2, 0) is 6.54 Å². The zero-order valence-corrected chi connectivity index (χ0v) is 12.0. The van der Waals surface area contributed by atoms with Crippen LogP contribution >= 0.6 is 0 Å². The van der Waals surface area contributed by atoms with Gasteiger partial charge in [0.25, 0.3) is 0 Å². The highest BCUT2D eigenvalue weighted by Gasteiger charge is 2.11. The lowest BCUT2D eigenvalue weighted by Gasteiger charge is -2.23. The van der Waals surface area contributed by atoms with E-state index in [1.807, 2.05) is 24.4 Å². The number of para-hydroxylation sites is 1. The number of nitrogens with two attached hydrogens (primary N) is 1. The molecule has 0 unspecified atom stereocenters. The zero-order valence-electron chi connectivity index (χ0n) is 12.0. The number of aliphatic hydroxyl groups is 1. The largest absolute Gasteiger partial charge is 0.396 e. The van der Waals surface area contributed by atoms with Gasteiger partial charge in [-0.15, -0.1) is 0 Å². The Morgan fingerprint density at radius 3 is 2.75 bits per heavy atom. The van der Waals surface area contributed by atoms with Gasteiger partial charge in [0, 0.05) is 43.9 Å². The molecule has 1 aromatic heterocycles. The van der Waals surface area contributed by atoms with Crippen molar-refractivity contribution in [2.45, 2.75) is 25.8 Å². The van der Waals surface area contributed by atoms with E-state index in [1.54, 1.807) is 0 Å². The molecule has 20 heavy (non-hydrogen) atoms. The minimum atomic E-state index is 0.274. The number of fused-ring (bicyclic) bond motifs is 1. The monoisotopic (exact) mass is 273 g/mol. The maximum absolute atomic E-state index is 8.83. The quantitative estimate of drug-likeness (QED) is 0.760. The second-order valence-corrected chi connectivity index (χ2v) is 5.06. The molecule has 0 amide bonds. The number of pyridine rings is 1. The summed E-state index contributed by atoms with van der Waals surface area (Å²) in [6, 6.07) is 8.16. The van der Waals surface area contributed by atoms with Crippen molar-refractivity contribution in [1.82, 2.24) is 4.98 Å². The fourth-order valence-corrected chi connectivity index (χ4v) is 2.52. The number of anilines is 1. The van der Waals surface area contributed by atoms with Crippen molar-refractivity contribution in [2.75, 3.05) is 25.1 Å². The van der Waals surface area contributed by atoms with Crippen molar-refractivity contribution >= 4 is 16.6 Å². The Kier molecular flexibility index (Phi) is 5.32. The van der Waals surface area contributed by atoms with Crippen LogP contribution in [0.3, 0.4) is 0 Å². The van der Waals surface area contributed by atoms with E-state index >= 15 is 0 Å². The number of aliphatic hydroxyl groups excluding tert-OH is 1. The second kappa shape index (κ2) is 7.22. The van der Waals surface area contributed by atoms with Gasteiger partial charge in [-0.1, -0.05) is 18.2 Å². The Hall–Kier alpha value is -1.65. The first-order valence-electron chi connectivity index (χ1n) is 7.16. The molecule has 0 saturated carbocycles. The minimum Gasteiger partial charge on any atom is -0.396 e. The molecule has 2 aromatic rings. The van der Waals surface area contributed by atoms with Crippen LogP contribution in [0.25, 0.3) is 10.9 Å². The predicted octanol–water partition coefficient (Wildman–Crippen LogP) is 2.29. The van der Waals surface area contributed by atoms with Crippen molar-refractivity contribution in [1.29, 1.82) is 0 Å². The summed E-state index contributed by atoms with van der Waals surface area (Å²) < 4.78 is 0. The molecule has 0 fully saturated rings. The third-order valence-corrected chi connectivity index (χ3v) is 3.58. The SMILES string of the molecule is CN(CCCCCO)c1c(CN)cnc2ccccc12. The number of hydrogen-bond donors (Lipinski definition) is 2. The number of nitrogens with zero attached hydrogens (tertiary/aromatic N) is 2. The van der Waals surface area contributed by atoms with Crippen LogP contribution in [0.1, 0.15) is 24.8 Å². The van der Waals surface area contributed by atoms with Crippen LogP contribution in [0, 0.1) is 0 Å². The van der Waals surface area contributed by atoms with Gasteiger partial charge in [0.1, 0.15) is 0 Å². The molecular formula is C16H23N3O. The number of benzene rings is 1. The van der Waals surface area contributed by atoms with Crippen molar-refractivity contribution in [2.24, 2.45) is 5.73 Å².